The number of alkyl halides is 5. The highest BCUT2D eigenvalue weighted by molar-refractivity contribution is 8.12. The van der Waals surface area contributed by atoms with Crippen LogP contribution in [-0.4, -0.2) is 24.8 Å². The van der Waals surface area contributed by atoms with Crippen molar-refractivity contribution in [2.24, 2.45) is 0 Å². The normalized spacial score (nSPS) is 13.8. The first kappa shape index (κ1) is 11.9. The zero-order chi connectivity index (χ0) is 9.99. The predicted molar refractivity (Wildman–Crippen MR) is 33.4 cm³/mol. The van der Waals surface area contributed by atoms with E-state index in [1.165, 1.54) is 0 Å². The third-order valence-corrected chi connectivity index (χ3v) is 3.44. The highest BCUT2D eigenvalue weighted by Gasteiger charge is 2.45. The minimum absolute atomic E-state index is 0.576. The van der Waals surface area contributed by atoms with Crippen LogP contribution in [0.4, 0.5) is 22.0 Å². The maximum Gasteiger partial charge on any atom is 0.498 e. The molecule has 0 bridgehead atoms. The van der Waals surface area contributed by atoms with E-state index in [0.717, 1.165) is 0 Å². The molecule has 0 unspecified atom stereocenters. The van der Waals surface area contributed by atoms with Gasteiger partial charge in [-0.25, -0.2) is 8.42 Å². The van der Waals surface area contributed by atoms with Crippen LogP contribution in [0, 0.1) is 0 Å². The molecular weight excluding hydrogens is 227 g/mol. The van der Waals surface area contributed by atoms with E-state index < -0.39 is 37.9 Å². The Balaban J connectivity index is 4.27. The van der Waals surface area contributed by atoms with Crippen LogP contribution in [0.25, 0.3) is 0 Å². The quantitative estimate of drug-likeness (QED) is 0.694. The summed E-state index contributed by atoms with van der Waals surface area (Å²) >= 11 is -0.576. The molecule has 0 aromatic rings. The smallest absolute Gasteiger partial charge is 0.219 e. The standard InChI is InChI=1S/C3H3F5O2S2/c4-2(5)11-1-12(9,10)3(6,7)8/h2H,1H2. The van der Waals surface area contributed by atoms with Crippen LogP contribution in [0.15, 0.2) is 0 Å². The molecule has 2 nitrogen and oxygen atoms in total. The van der Waals surface area contributed by atoms with Crippen molar-refractivity contribution in [3.05, 3.63) is 0 Å². The molecule has 9 heteroatoms. The van der Waals surface area contributed by atoms with E-state index in [0.29, 0.717) is 0 Å². The van der Waals surface area contributed by atoms with Crippen LogP contribution in [0.2, 0.25) is 0 Å². The highest BCUT2D eigenvalue weighted by Crippen LogP contribution is 2.28. The molecule has 0 aliphatic heterocycles. The molecule has 0 aliphatic rings. The topological polar surface area (TPSA) is 34.1 Å². The molecule has 0 radical (unpaired) electrons. The van der Waals surface area contributed by atoms with E-state index in [9.17, 15) is 30.4 Å². The molecule has 0 N–H and O–H groups in total. The van der Waals surface area contributed by atoms with Crippen LogP contribution >= 0.6 is 11.8 Å². The van der Waals surface area contributed by atoms with Crippen LogP contribution < -0.4 is 0 Å². The van der Waals surface area contributed by atoms with Crippen molar-refractivity contribution in [3.63, 3.8) is 0 Å². The lowest BCUT2D eigenvalue weighted by molar-refractivity contribution is -0.0430. The van der Waals surface area contributed by atoms with Gasteiger partial charge in [0.1, 0.15) is 5.08 Å². The Labute approximate surface area is 69.0 Å². The van der Waals surface area contributed by atoms with Crippen LogP contribution in [0.5, 0.6) is 0 Å². The molecular formula is C3H3F5O2S2. The summed E-state index contributed by atoms with van der Waals surface area (Å²) in [5, 5.41) is -1.64. The lowest BCUT2D eigenvalue weighted by atomic mass is 11.6. The van der Waals surface area contributed by atoms with Gasteiger partial charge in [0.15, 0.2) is 0 Å². The van der Waals surface area contributed by atoms with Gasteiger partial charge in [-0.3, -0.25) is 0 Å². The Kier molecular flexibility index (Phi) is 3.76. The van der Waals surface area contributed by atoms with Crippen molar-refractivity contribution in [1.29, 1.82) is 0 Å². The fourth-order valence-corrected chi connectivity index (χ4v) is 1.87. The first-order chi connectivity index (χ1) is 5.17. The zero-order valence-corrected chi connectivity index (χ0v) is 6.94. The van der Waals surface area contributed by atoms with Gasteiger partial charge in [-0.2, -0.15) is 22.0 Å². The summed E-state index contributed by atoms with van der Waals surface area (Å²) in [5.74, 6) is -3.12. The number of sulfone groups is 1. The Morgan fingerprint density at radius 1 is 1.25 bits per heavy atom. The molecule has 0 amide bonds. The van der Waals surface area contributed by atoms with Gasteiger partial charge in [0, 0.05) is 0 Å². The first-order valence-corrected chi connectivity index (χ1v) is 5.05. The van der Waals surface area contributed by atoms with Crippen molar-refractivity contribution >= 4 is 21.6 Å². The van der Waals surface area contributed by atoms with Crippen LogP contribution in [-0.2, 0) is 9.84 Å². The van der Waals surface area contributed by atoms with E-state index in [2.05, 4.69) is 0 Å². The predicted octanol–water partition coefficient (Wildman–Crippen LogP) is 1.83. The van der Waals surface area contributed by atoms with Gasteiger partial charge < -0.3 is 0 Å². The summed E-state index contributed by atoms with van der Waals surface area (Å²) in [6, 6.07) is 0. The minimum atomic E-state index is -5.45. The average Bonchev–Trinajstić information content (AvgIpc) is 1.81. The van der Waals surface area contributed by atoms with Gasteiger partial charge >= 0.3 is 5.51 Å². The second-order valence-electron chi connectivity index (χ2n) is 1.61. The van der Waals surface area contributed by atoms with Crippen molar-refractivity contribution < 1.29 is 30.4 Å². The number of thioether (sulfide) groups is 1. The Morgan fingerprint density at radius 3 is 1.92 bits per heavy atom. The van der Waals surface area contributed by atoms with Gasteiger partial charge in [-0.05, 0) is 0 Å². The number of halogens is 5. The molecule has 0 rings (SSSR count). The van der Waals surface area contributed by atoms with Gasteiger partial charge in [0.05, 0.1) is 0 Å². The Bertz CT molecular complexity index is 230. The van der Waals surface area contributed by atoms with E-state index in [1.807, 2.05) is 0 Å². The summed E-state index contributed by atoms with van der Waals surface area (Å²) < 4.78 is 77.0. The van der Waals surface area contributed by atoms with Gasteiger partial charge in [0.2, 0.25) is 0 Å². The van der Waals surface area contributed by atoms with Gasteiger partial charge in [-0.15, -0.1) is 0 Å². The lowest BCUT2D eigenvalue weighted by Gasteiger charge is -2.06. The molecule has 0 fully saturated rings. The maximum absolute atomic E-state index is 11.4. The monoisotopic (exact) mass is 230 g/mol. The van der Waals surface area contributed by atoms with Gasteiger partial charge in [-0.1, -0.05) is 11.8 Å². The third kappa shape index (κ3) is 3.57. The maximum atomic E-state index is 11.4. The third-order valence-electron chi connectivity index (χ3n) is 0.702. The molecule has 0 aromatic carbocycles. The van der Waals surface area contributed by atoms with Crippen LogP contribution in [0.3, 0.4) is 0 Å². The minimum Gasteiger partial charge on any atom is -0.219 e. The van der Waals surface area contributed by atoms with E-state index in [4.69, 9.17) is 0 Å². The molecule has 0 saturated carbocycles. The van der Waals surface area contributed by atoms with Crippen molar-refractivity contribution in [1.82, 2.24) is 0 Å². The number of hydrogen-bond donors (Lipinski definition) is 0. The summed E-state index contributed by atoms with van der Waals surface area (Å²) in [5.41, 5.74) is -5.45. The summed E-state index contributed by atoms with van der Waals surface area (Å²) in [4.78, 5) is 0. The molecule has 12 heavy (non-hydrogen) atoms. The lowest BCUT2D eigenvalue weighted by Crippen LogP contribution is -2.25. The number of rotatable bonds is 3. The van der Waals surface area contributed by atoms with Gasteiger partial charge in [0.25, 0.3) is 15.6 Å². The summed E-state index contributed by atoms with van der Waals surface area (Å²) in [6.45, 7) is 0. The fourth-order valence-electron chi connectivity index (χ4n) is 0.208. The average molecular weight is 230 g/mol. The second-order valence-corrected chi connectivity index (χ2v) is 4.93. The molecule has 0 aliphatic carbocycles. The van der Waals surface area contributed by atoms with E-state index in [-0.39, 0.29) is 0 Å². The highest BCUT2D eigenvalue weighted by atomic mass is 32.3. The molecule has 74 valence electrons. The van der Waals surface area contributed by atoms with Crippen LogP contribution in [0.1, 0.15) is 0 Å². The Hall–Kier alpha value is -0.0500. The van der Waals surface area contributed by atoms with E-state index in [1.54, 1.807) is 0 Å². The Morgan fingerprint density at radius 2 is 1.67 bits per heavy atom. The van der Waals surface area contributed by atoms with Crippen molar-refractivity contribution in [2.75, 3.05) is 5.08 Å². The first-order valence-electron chi connectivity index (χ1n) is 2.35. The molecule has 0 spiro atoms. The second kappa shape index (κ2) is 3.77. The summed E-state index contributed by atoms with van der Waals surface area (Å²) in [6.07, 6.45) is 0. The molecule has 0 heterocycles. The van der Waals surface area contributed by atoms with Crippen molar-refractivity contribution in [2.45, 2.75) is 11.3 Å². The zero-order valence-electron chi connectivity index (χ0n) is 5.31. The van der Waals surface area contributed by atoms with E-state index >= 15 is 0 Å². The molecule has 0 atom stereocenters. The largest absolute Gasteiger partial charge is 0.498 e. The SMILES string of the molecule is O=S(=O)(CSC(F)F)C(F)(F)F. The van der Waals surface area contributed by atoms with Crippen molar-refractivity contribution in [3.8, 4) is 0 Å². The number of hydrogen-bond acceptors (Lipinski definition) is 3. The molecule has 0 saturated heterocycles. The summed E-state index contributed by atoms with van der Waals surface area (Å²) in [7, 11) is -5.41. The fraction of sp³-hybridized carbons (Fsp3) is 1.00. The molecule has 0 aromatic heterocycles.